The molecule has 3 rings (SSSR count). The van der Waals surface area contributed by atoms with Gasteiger partial charge in [-0.15, -0.1) is 0 Å². The molecule has 144 valence electrons. The molecule has 0 aliphatic carbocycles. The Morgan fingerprint density at radius 2 is 1.67 bits per heavy atom. The van der Waals surface area contributed by atoms with Crippen molar-refractivity contribution < 1.29 is 13.2 Å². The van der Waals surface area contributed by atoms with E-state index in [-0.39, 0.29) is 18.5 Å². The quantitative estimate of drug-likeness (QED) is 0.791. The van der Waals surface area contributed by atoms with Crippen molar-refractivity contribution in [2.24, 2.45) is 0 Å². The third kappa shape index (κ3) is 3.93. The van der Waals surface area contributed by atoms with Crippen LogP contribution >= 0.6 is 0 Å². The van der Waals surface area contributed by atoms with Gasteiger partial charge in [-0.3, -0.25) is 9.10 Å². The number of para-hydroxylation sites is 1. The number of nitrogens with zero attached hydrogens (tertiary/aromatic N) is 3. The largest absolute Gasteiger partial charge is 0.378 e. The molecular formula is C20H25N3O3S. The lowest BCUT2D eigenvalue weighted by Crippen LogP contribution is -2.45. The summed E-state index contributed by atoms with van der Waals surface area (Å²) in [5, 5.41) is 0. The summed E-state index contributed by atoms with van der Waals surface area (Å²) in [5.74, 6) is -0.227. The monoisotopic (exact) mass is 387 g/mol. The van der Waals surface area contributed by atoms with Gasteiger partial charge in [-0.05, 0) is 49.2 Å². The van der Waals surface area contributed by atoms with E-state index in [1.54, 1.807) is 17.0 Å². The number of hydrogen-bond acceptors (Lipinski definition) is 4. The first-order valence-corrected chi connectivity index (χ1v) is 10.7. The summed E-state index contributed by atoms with van der Waals surface area (Å²) >= 11 is 0. The molecule has 27 heavy (non-hydrogen) atoms. The maximum Gasteiger partial charge on any atom is 0.248 e. The van der Waals surface area contributed by atoms with Gasteiger partial charge in [0.15, 0.2) is 0 Å². The fourth-order valence-electron chi connectivity index (χ4n) is 3.46. The topological polar surface area (TPSA) is 60.9 Å². The Morgan fingerprint density at radius 3 is 2.26 bits per heavy atom. The highest BCUT2D eigenvalue weighted by Gasteiger charge is 2.33. The van der Waals surface area contributed by atoms with E-state index in [2.05, 4.69) is 0 Å². The van der Waals surface area contributed by atoms with Crippen LogP contribution in [0.4, 0.5) is 17.1 Å². The summed E-state index contributed by atoms with van der Waals surface area (Å²) in [6, 6.07) is 14.9. The first-order chi connectivity index (χ1) is 12.7. The summed E-state index contributed by atoms with van der Waals surface area (Å²) in [5.41, 5.74) is 3.42. The van der Waals surface area contributed by atoms with Gasteiger partial charge in [-0.25, -0.2) is 8.42 Å². The number of amides is 1. The minimum Gasteiger partial charge on any atom is -0.378 e. The standard InChI is InChI=1S/C20H25N3O3S/c1-15-13-16-7-5-6-8-19(16)23(15)20(24)14-22(27(4,25)26)18-11-9-17(10-12-18)21(2)3/h5-12,15H,13-14H2,1-4H3. The average Bonchev–Trinajstić information content (AvgIpc) is 2.94. The molecule has 1 amide bonds. The van der Waals surface area contributed by atoms with Crippen molar-refractivity contribution >= 4 is 33.0 Å². The van der Waals surface area contributed by atoms with Crippen LogP contribution in [0.15, 0.2) is 48.5 Å². The Labute approximate surface area is 161 Å². The highest BCUT2D eigenvalue weighted by molar-refractivity contribution is 7.92. The molecule has 0 saturated carbocycles. The normalized spacial score (nSPS) is 16.1. The van der Waals surface area contributed by atoms with E-state index in [0.29, 0.717) is 5.69 Å². The number of fused-ring (bicyclic) bond motifs is 1. The van der Waals surface area contributed by atoms with Gasteiger partial charge in [0.2, 0.25) is 15.9 Å². The summed E-state index contributed by atoms with van der Waals surface area (Å²) < 4.78 is 25.9. The van der Waals surface area contributed by atoms with Gasteiger partial charge < -0.3 is 9.80 Å². The van der Waals surface area contributed by atoms with E-state index in [4.69, 9.17) is 0 Å². The number of carbonyl (C=O) groups is 1. The van der Waals surface area contributed by atoms with E-state index in [9.17, 15) is 13.2 Å². The molecule has 2 aromatic carbocycles. The van der Waals surface area contributed by atoms with Gasteiger partial charge in [0.25, 0.3) is 0 Å². The Hall–Kier alpha value is -2.54. The zero-order valence-electron chi connectivity index (χ0n) is 16.1. The summed E-state index contributed by atoms with van der Waals surface area (Å²) in [4.78, 5) is 16.7. The number of rotatable bonds is 5. The van der Waals surface area contributed by atoms with Gasteiger partial charge in [-0.2, -0.15) is 0 Å². The number of carbonyl (C=O) groups excluding carboxylic acids is 1. The molecule has 0 fully saturated rings. The van der Waals surface area contributed by atoms with Crippen molar-refractivity contribution in [2.45, 2.75) is 19.4 Å². The number of anilines is 3. The summed E-state index contributed by atoms with van der Waals surface area (Å²) in [7, 11) is 0.233. The first-order valence-electron chi connectivity index (χ1n) is 8.83. The van der Waals surface area contributed by atoms with E-state index in [1.807, 2.05) is 62.3 Å². The van der Waals surface area contributed by atoms with Gasteiger partial charge in [0.1, 0.15) is 6.54 Å². The van der Waals surface area contributed by atoms with Crippen molar-refractivity contribution in [3.05, 3.63) is 54.1 Å². The molecular weight excluding hydrogens is 362 g/mol. The molecule has 1 heterocycles. The van der Waals surface area contributed by atoms with E-state index < -0.39 is 10.0 Å². The average molecular weight is 388 g/mol. The highest BCUT2D eigenvalue weighted by Crippen LogP contribution is 2.32. The van der Waals surface area contributed by atoms with Crippen LogP contribution in [0, 0.1) is 0 Å². The number of hydrogen-bond donors (Lipinski definition) is 0. The van der Waals surface area contributed by atoms with Gasteiger partial charge >= 0.3 is 0 Å². The lowest BCUT2D eigenvalue weighted by atomic mass is 10.1. The molecule has 1 aliphatic rings. The molecule has 1 atom stereocenters. The van der Waals surface area contributed by atoms with Crippen molar-refractivity contribution in [3.63, 3.8) is 0 Å². The van der Waals surface area contributed by atoms with Crippen LogP contribution in [0.3, 0.4) is 0 Å². The van der Waals surface area contributed by atoms with Crippen LogP contribution in [0.5, 0.6) is 0 Å². The molecule has 7 heteroatoms. The number of sulfonamides is 1. The number of benzene rings is 2. The molecule has 0 radical (unpaired) electrons. The highest BCUT2D eigenvalue weighted by atomic mass is 32.2. The second-order valence-electron chi connectivity index (χ2n) is 7.13. The van der Waals surface area contributed by atoms with Crippen LogP contribution in [-0.2, 0) is 21.2 Å². The van der Waals surface area contributed by atoms with E-state index in [1.165, 1.54) is 4.31 Å². The van der Waals surface area contributed by atoms with Crippen molar-refractivity contribution in [1.29, 1.82) is 0 Å². The Morgan fingerprint density at radius 1 is 1.07 bits per heavy atom. The smallest absolute Gasteiger partial charge is 0.248 e. The molecule has 0 spiro atoms. The van der Waals surface area contributed by atoms with E-state index in [0.717, 1.165) is 29.6 Å². The predicted molar refractivity (Wildman–Crippen MR) is 110 cm³/mol. The summed E-state index contributed by atoms with van der Waals surface area (Å²) in [6.07, 6.45) is 1.90. The van der Waals surface area contributed by atoms with Crippen molar-refractivity contribution in [3.8, 4) is 0 Å². The summed E-state index contributed by atoms with van der Waals surface area (Å²) in [6.45, 7) is 1.76. The first kappa shape index (κ1) is 19.2. The maximum atomic E-state index is 13.0. The molecule has 0 N–H and O–H groups in total. The van der Waals surface area contributed by atoms with Gasteiger partial charge in [-0.1, -0.05) is 18.2 Å². The Balaban J connectivity index is 1.88. The minimum atomic E-state index is -3.60. The van der Waals surface area contributed by atoms with Gasteiger partial charge in [0, 0.05) is 31.5 Å². The molecule has 1 unspecified atom stereocenters. The Bertz CT molecular complexity index is 939. The van der Waals surface area contributed by atoms with Gasteiger partial charge in [0.05, 0.1) is 11.9 Å². The molecule has 2 aromatic rings. The molecule has 0 aromatic heterocycles. The van der Waals surface area contributed by atoms with Crippen LogP contribution in [0.1, 0.15) is 12.5 Å². The fraction of sp³-hybridized carbons (Fsp3) is 0.350. The molecule has 6 nitrogen and oxygen atoms in total. The maximum absolute atomic E-state index is 13.0. The van der Waals surface area contributed by atoms with Crippen molar-refractivity contribution in [1.82, 2.24) is 0 Å². The van der Waals surface area contributed by atoms with Crippen LogP contribution in [0.25, 0.3) is 0 Å². The zero-order chi connectivity index (χ0) is 19.8. The minimum absolute atomic E-state index is 0.00688. The third-order valence-electron chi connectivity index (χ3n) is 4.81. The molecule has 0 saturated heterocycles. The lowest BCUT2D eigenvalue weighted by Gasteiger charge is -2.28. The van der Waals surface area contributed by atoms with Crippen LogP contribution in [-0.4, -0.2) is 47.3 Å². The molecule has 0 bridgehead atoms. The fourth-order valence-corrected chi connectivity index (χ4v) is 4.31. The predicted octanol–water partition coefficient (Wildman–Crippen LogP) is 2.50. The molecule has 1 aliphatic heterocycles. The third-order valence-corrected chi connectivity index (χ3v) is 5.95. The van der Waals surface area contributed by atoms with Crippen LogP contribution in [0.2, 0.25) is 0 Å². The zero-order valence-corrected chi connectivity index (χ0v) is 16.9. The van der Waals surface area contributed by atoms with Crippen LogP contribution < -0.4 is 14.1 Å². The second-order valence-corrected chi connectivity index (χ2v) is 9.03. The lowest BCUT2D eigenvalue weighted by molar-refractivity contribution is -0.117. The Kier molecular flexibility index (Phi) is 5.15. The van der Waals surface area contributed by atoms with E-state index >= 15 is 0 Å². The SMILES string of the molecule is CC1Cc2ccccc2N1C(=O)CN(c1ccc(N(C)C)cc1)S(C)(=O)=O. The van der Waals surface area contributed by atoms with Crippen molar-refractivity contribution in [2.75, 3.05) is 41.0 Å². The second kappa shape index (κ2) is 7.23.